The van der Waals surface area contributed by atoms with Crippen molar-refractivity contribution in [2.45, 2.75) is 23.5 Å². The van der Waals surface area contributed by atoms with Crippen LogP contribution in [-0.4, -0.2) is 25.2 Å². The summed E-state index contributed by atoms with van der Waals surface area (Å²) in [5.41, 5.74) is 0.931. The number of sulfonamides is 1. The molecule has 0 amide bonds. The van der Waals surface area contributed by atoms with Crippen LogP contribution in [0.4, 0.5) is 10.1 Å². The topological polar surface area (TPSA) is 95.9 Å². The molecule has 0 bridgehead atoms. The summed E-state index contributed by atoms with van der Waals surface area (Å²) in [5.74, 6) is 0.461. The van der Waals surface area contributed by atoms with Gasteiger partial charge in [-0.1, -0.05) is 18.7 Å². The molecule has 6 nitrogen and oxygen atoms in total. The molecule has 27 heavy (non-hydrogen) atoms. The number of hydrogen-bond acceptors (Lipinski definition) is 5. The highest BCUT2D eigenvalue weighted by Crippen LogP contribution is 2.56. The molecular weight excluding hydrogens is 373 g/mol. The number of halogens is 1. The smallest absolute Gasteiger partial charge is 0.262 e. The van der Waals surface area contributed by atoms with Gasteiger partial charge < -0.3 is 14.9 Å². The van der Waals surface area contributed by atoms with Crippen LogP contribution in [0.2, 0.25) is 0 Å². The van der Waals surface area contributed by atoms with Crippen LogP contribution in [0.3, 0.4) is 0 Å². The molecule has 0 aromatic heterocycles. The highest BCUT2D eigenvalue weighted by Gasteiger charge is 2.45. The van der Waals surface area contributed by atoms with Crippen molar-refractivity contribution in [1.82, 2.24) is 0 Å². The summed E-state index contributed by atoms with van der Waals surface area (Å²) in [6.45, 7) is 3.98. The van der Waals surface area contributed by atoms with E-state index in [1.165, 1.54) is 12.1 Å². The Kier molecular flexibility index (Phi) is 4.21. The standard InChI is InChI=1S/C19H18FNO5S/c1-2-10-7-12(20)3-6-16(10)27(24,25)21-15-5-4-13-14-8-11(14)9-26-18(13)17(15)19(22)23/h2-7,11,14,19,21-23H,1,8-9H2. The van der Waals surface area contributed by atoms with Crippen molar-refractivity contribution in [3.05, 3.63) is 59.4 Å². The zero-order valence-corrected chi connectivity index (χ0v) is 15.0. The van der Waals surface area contributed by atoms with Gasteiger partial charge >= 0.3 is 0 Å². The number of fused-ring (bicyclic) bond motifs is 3. The molecule has 2 aliphatic rings. The zero-order chi connectivity index (χ0) is 19.3. The molecule has 0 spiro atoms. The van der Waals surface area contributed by atoms with Crippen LogP contribution in [0, 0.1) is 11.7 Å². The van der Waals surface area contributed by atoms with E-state index in [1.54, 1.807) is 6.07 Å². The summed E-state index contributed by atoms with van der Waals surface area (Å²) in [6.07, 6.45) is 0.292. The van der Waals surface area contributed by atoms with Gasteiger partial charge in [-0.2, -0.15) is 0 Å². The quantitative estimate of drug-likeness (QED) is 0.681. The Morgan fingerprint density at radius 2 is 2.07 bits per heavy atom. The van der Waals surface area contributed by atoms with Crippen LogP contribution in [0.5, 0.6) is 5.75 Å². The largest absolute Gasteiger partial charge is 0.492 e. The SMILES string of the molecule is C=Cc1cc(F)ccc1S(=O)(=O)Nc1ccc2c(c1C(O)O)OCC1CC21. The summed E-state index contributed by atoms with van der Waals surface area (Å²) in [5, 5.41) is 19.7. The van der Waals surface area contributed by atoms with Crippen molar-refractivity contribution >= 4 is 21.8 Å². The average Bonchev–Trinajstić information content (AvgIpc) is 3.40. The van der Waals surface area contributed by atoms with E-state index in [-0.39, 0.29) is 21.7 Å². The van der Waals surface area contributed by atoms with Crippen LogP contribution < -0.4 is 9.46 Å². The highest BCUT2D eigenvalue weighted by atomic mass is 32.2. The second kappa shape index (κ2) is 6.33. The van der Waals surface area contributed by atoms with Crippen LogP contribution in [0.15, 0.2) is 41.8 Å². The number of aliphatic hydroxyl groups is 2. The fourth-order valence-corrected chi connectivity index (χ4v) is 4.82. The molecule has 0 radical (unpaired) electrons. The molecule has 3 N–H and O–H groups in total. The molecule has 1 aliphatic heterocycles. The number of ether oxygens (including phenoxy) is 1. The summed E-state index contributed by atoms with van der Waals surface area (Å²) < 4.78 is 47.1. The summed E-state index contributed by atoms with van der Waals surface area (Å²) in [7, 11) is -4.12. The van der Waals surface area contributed by atoms with Crippen LogP contribution in [0.1, 0.15) is 35.3 Å². The van der Waals surface area contributed by atoms with Gasteiger partial charge in [0.25, 0.3) is 10.0 Å². The van der Waals surface area contributed by atoms with Gasteiger partial charge in [0.05, 0.1) is 22.8 Å². The maximum absolute atomic E-state index is 13.4. The van der Waals surface area contributed by atoms with E-state index in [0.717, 1.165) is 30.2 Å². The van der Waals surface area contributed by atoms with Crippen LogP contribution in [-0.2, 0) is 10.0 Å². The second-order valence-corrected chi connectivity index (χ2v) is 8.37. The molecule has 1 fully saturated rings. The third-order valence-electron chi connectivity index (χ3n) is 4.97. The minimum absolute atomic E-state index is 0.00203. The number of nitrogens with one attached hydrogen (secondary N) is 1. The molecule has 2 aromatic carbocycles. The average molecular weight is 391 g/mol. The molecule has 0 saturated heterocycles. The number of rotatable bonds is 5. The maximum Gasteiger partial charge on any atom is 0.262 e. The minimum atomic E-state index is -4.12. The summed E-state index contributed by atoms with van der Waals surface area (Å²) >= 11 is 0. The van der Waals surface area contributed by atoms with Gasteiger partial charge in [-0.3, -0.25) is 4.72 Å². The lowest BCUT2D eigenvalue weighted by molar-refractivity contribution is -0.0438. The first-order valence-electron chi connectivity index (χ1n) is 8.42. The Hall–Kier alpha value is -2.42. The Labute approximate surface area is 156 Å². The first-order chi connectivity index (χ1) is 12.8. The molecule has 142 valence electrons. The normalized spacial score (nSPS) is 20.4. The van der Waals surface area contributed by atoms with E-state index in [2.05, 4.69) is 11.3 Å². The molecule has 2 unspecified atom stereocenters. The van der Waals surface area contributed by atoms with Gasteiger partial charge in [0.2, 0.25) is 0 Å². The third-order valence-corrected chi connectivity index (χ3v) is 6.41. The van der Waals surface area contributed by atoms with E-state index < -0.39 is 22.1 Å². The Balaban J connectivity index is 1.77. The minimum Gasteiger partial charge on any atom is -0.492 e. The van der Waals surface area contributed by atoms with E-state index in [0.29, 0.717) is 24.2 Å². The van der Waals surface area contributed by atoms with Crippen molar-refractivity contribution in [3.63, 3.8) is 0 Å². The maximum atomic E-state index is 13.4. The highest BCUT2D eigenvalue weighted by molar-refractivity contribution is 7.92. The van der Waals surface area contributed by atoms with Crippen molar-refractivity contribution in [2.75, 3.05) is 11.3 Å². The lowest BCUT2D eigenvalue weighted by Gasteiger charge is -2.24. The third kappa shape index (κ3) is 3.09. The number of hydrogen-bond donors (Lipinski definition) is 3. The predicted molar refractivity (Wildman–Crippen MR) is 97.3 cm³/mol. The van der Waals surface area contributed by atoms with Crippen molar-refractivity contribution < 1.29 is 27.8 Å². The first kappa shape index (κ1) is 18.0. The Morgan fingerprint density at radius 3 is 2.78 bits per heavy atom. The molecule has 8 heteroatoms. The van der Waals surface area contributed by atoms with Crippen LogP contribution >= 0.6 is 0 Å². The Bertz CT molecular complexity index is 1030. The van der Waals surface area contributed by atoms with E-state index in [9.17, 15) is 23.0 Å². The number of benzene rings is 2. The van der Waals surface area contributed by atoms with Gasteiger partial charge in [-0.05, 0) is 47.7 Å². The molecule has 2 atom stereocenters. The second-order valence-electron chi connectivity index (χ2n) is 6.72. The Morgan fingerprint density at radius 1 is 1.30 bits per heavy atom. The monoisotopic (exact) mass is 391 g/mol. The zero-order valence-electron chi connectivity index (χ0n) is 14.2. The molecule has 4 rings (SSSR count). The van der Waals surface area contributed by atoms with Crippen LogP contribution in [0.25, 0.3) is 6.08 Å². The predicted octanol–water partition coefficient (Wildman–Crippen LogP) is 2.75. The molecular formula is C19H18FNO5S. The van der Waals surface area contributed by atoms with E-state index in [4.69, 9.17) is 4.74 Å². The fourth-order valence-electron chi connectivity index (χ4n) is 3.54. The van der Waals surface area contributed by atoms with Gasteiger partial charge in [0, 0.05) is 5.92 Å². The van der Waals surface area contributed by atoms with Crippen molar-refractivity contribution in [2.24, 2.45) is 5.92 Å². The van der Waals surface area contributed by atoms with Crippen molar-refractivity contribution in [1.29, 1.82) is 0 Å². The van der Waals surface area contributed by atoms with Gasteiger partial charge in [0.1, 0.15) is 11.6 Å². The number of anilines is 1. The molecule has 1 saturated carbocycles. The van der Waals surface area contributed by atoms with Gasteiger partial charge in [0.15, 0.2) is 6.29 Å². The number of aliphatic hydroxyl groups excluding tert-OH is 1. The lowest BCUT2D eigenvalue weighted by Crippen LogP contribution is -2.19. The molecule has 2 aromatic rings. The van der Waals surface area contributed by atoms with Crippen molar-refractivity contribution in [3.8, 4) is 5.75 Å². The van der Waals surface area contributed by atoms with E-state index >= 15 is 0 Å². The first-order valence-corrected chi connectivity index (χ1v) is 9.90. The van der Waals surface area contributed by atoms with Gasteiger partial charge in [-0.25, -0.2) is 12.8 Å². The van der Waals surface area contributed by atoms with E-state index in [1.807, 2.05) is 0 Å². The fraction of sp³-hybridized carbons (Fsp3) is 0.263. The molecule has 1 aliphatic carbocycles. The molecule has 1 heterocycles. The summed E-state index contributed by atoms with van der Waals surface area (Å²) in [6, 6.07) is 6.46. The van der Waals surface area contributed by atoms with Gasteiger partial charge in [-0.15, -0.1) is 0 Å². The lowest BCUT2D eigenvalue weighted by atomic mass is 10.00. The summed E-state index contributed by atoms with van der Waals surface area (Å²) in [4.78, 5) is -0.168.